The van der Waals surface area contributed by atoms with Gasteiger partial charge in [0.1, 0.15) is 12.0 Å². The maximum Gasteiger partial charge on any atom is 0.230 e. The Morgan fingerprint density at radius 3 is 2.76 bits per heavy atom. The van der Waals surface area contributed by atoms with Crippen LogP contribution < -0.4 is 10.1 Å². The second kappa shape index (κ2) is 7.40. The summed E-state index contributed by atoms with van der Waals surface area (Å²) in [6, 6.07) is 13.0. The lowest BCUT2D eigenvalue weighted by atomic mass is 10.2. The molecule has 3 rings (SSSR count). The van der Waals surface area contributed by atoms with Crippen molar-refractivity contribution in [3.63, 3.8) is 0 Å². The van der Waals surface area contributed by atoms with Crippen LogP contribution in [0.15, 0.2) is 53.1 Å². The molecular weight excluding hydrogens is 340 g/mol. The lowest BCUT2D eigenvalue weighted by molar-refractivity contribution is -0.115. The number of halogens is 1. The molecule has 1 amide bonds. The maximum absolute atomic E-state index is 12.3. The first-order valence-corrected chi connectivity index (χ1v) is 8.08. The van der Waals surface area contributed by atoms with Gasteiger partial charge in [0.25, 0.3) is 0 Å². The van der Waals surface area contributed by atoms with E-state index in [0.29, 0.717) is 28.0 Å². The number of oxazole rings is 1. The Morgan fingerprint density at radius 2 is 2.04 bits per heavy atom. The van der Waals surface area contributed by atoms with Gasteiger partial charge in [-0.05, 0) is 30.7 Å². The largest absolute Gasteiger partial charge is 0.495 e. The minimum absolute atomic E-state index is 0.0984. The van der Waals surface area contributed by atoms with Gasteiger partial charge in [-0.25, -0.2) is 4.98 Å². The van der Waals surface area contributed by atoms with E-state index < -0.39 is 0 Å². The Kier molecular flexibility index (Phi) is 5.05. The van der Waals surface area contributed by atoms with E-state index >= 15 is 0 Å². The summed E-state index contributed by atoms with van der Waals surface area (Å²) in [7, 11) is 1.53. The Labute approximate surface area is 150 Å². The lowest BCUT2D eigenvalue weighted by Crippen LogP contribution is -2.15. The second-order valence-corrected chi connectivity index (χ2v) is 5.94. The maximum atomic E-state index is 12.3. The first-order chi connectivity index (χ1) is 12.1. The van der Waals surface area contributed by atoms with E-state index in [2.05, 4.69) is 10.3 Å². The van der Waals surface area contributed by atoms with Crippen LogP contribution in [0.2, 0.25) is 5.02 Å². The zero-order valence-corrected chi connectivity index (χ0v) is 14.6. The topological polar surface area (TPSA) is 64.4 Å². The third-order valence-electron chi connectivity index (χ3n) is 3.67. The van der Waals surface area contributed by atoms with Gasteiger partial charge < -0.3 is 14.5 Å². The number of nitrogens with zero attached hydrogens (tertiary/aromatic N) is 1. The molecule has 1 aromatic heterocycles. The first kappa shape index (κ1) is 17.0. The summed E-state index contributed by atoms with van der Waals surface area (Å²) in [6.07, 6.45) is 1.59. The average Bonchev–Trinajstić information content (AvgIpc) is 3.07. The number of carbonyl (C=O) groups is 1. The standard InChI is InChI=1S/C19H17ClN2O3/c1-12-8-16(17(24-2)10-15(12)20)22-18(23)9-14-11-25-19(21-14)13-6-4-3-5-7-13/h3-8,10-11H,9H2,1-2H3,(H,22,23). The quantitative estimate of drug-likeness (QED) is 0.731. The van der Waals surface area contributed by atoms with Crippen molar-refractivity contribution in [3.05, 3.63) is 65.0 Å². The predicted molar refractivity (Wildman–Crippen MR) is 97.0 cm³/mol. The predicted octanol–water partition coefficient (Wildman–Crippen LogP) is 4.49. The fourth-order valence-electron chi connectivity index (χ4n) is 2.39. The summed E-state index contributed by atoms with van der Waals surface area (Å²) in [6.45, 7) is 1.86. The van der Waals surface area contributed by atoms with Crippen LogP contribution >= 0.6 is 11.6 Å². The van der Waals surface area contributed by atoms with E-state index in [1.165, 1.54) is 13.4 Å². The Balaban J connectivity index is 1.72. The summed E-state index contributed by atoms with van der Waals surface area (Å²) in [5, 5.41) is 3.41. The highest BCUT2D eigenvalue weighted by Crippen LogP contribution is 2.31. The van der Waals surface area contributed by atoms with Crippen LogP contribution in [0.1, 0.15) is 11.3 Å². The highest BCUT2D eigenvalue weighted by molar-refractivity contribution is 6.31. The van der Waals surface area contributed by atoms with Crippen LogP contribution in [0.25, 0.3) is 11.5 Å². The van der Waals surface area contributed by atoms with Gasteiger partial charge in [0, 0.05) is 16.7 Å². The van der Waals surface area contributed by atoms with Crippen molar-refractivity contribution in [1.29, 1.82) is 0 Å². The summed E-state index contributed by atoms with van der Waals surface area (Å²) < 4.78 is 10.7. The van der Waals surface area contributed by atoms with Crippen molar-refractivity contribution in [3.8, 4) is 17.2 Å². The number of ether oxygens (including phenoxy) is 1. The van der Waals surface area contributed by atoms with Crippen LogP contribution in [0, 0.1) is 6.92 Å². The molecule has 0 spiro atoms. The van der Waals surface area contributed by atoms with Gasteiger partial charge in [0.2, 0.25) is 11.8 Å². The van der Waals surface area contributed by atoms with Crippen LogP contribution in [0.4, 0.5) is 5.69 Å². The Morgan fingerprint density at radius 1 is 1.28 bits per heavy atom. The number of aromatic nitrogens is 1. The van der Waals surface area contributed by atoms with Crippen molar-refractivity contribution in [2.45, 2.75) is 13.3 Å². The molecule has 2 aromatic carbocycles. The molecular formula is C19H17ClN2O3. The number of benzene rings is 2. The molecule has 1 heterocycles. The highest BCUT2D eigenvalue weighted by atomic mass is 35.5. The molecule has 0 bridgehead atoms. The molecule has 0 saturated carbocycles. The number of hydrogen-bond donors (Lipinski definition) is 1. The van der Waals surface area contributed by atoms with Crippen molar-refractivity contribution < 1.29 is 13.9 Å². The molecule has 0 saturated heterocycles. The van der Waals surface area contributed by atoms with E-state index in [1.54, 1.807) is 12.1 Å². The second-order valence-electron chi connectivity index (χ2n) is 5.54. The molecule has 25 heavy (non-hydrogen) atoms. The minimum atomic E-state index is -0.215. The summed E-state index contributed by atoms with van der Waals surface area (Å²) in [5.74, 6) is 0.783. The smallest absolute Gasteiger partial charge is 0.230 e. The van der Waals surface area contributed by atoms with Crippen LogP contribution in [-0.2, 0) is 11.2 Å². The Bertz CT molecular complexity index is 891. The molecule has 128 valence electrons. The molecule has 6 heteroatoms. The number of rotatable bonds is 5. The number of anilines is 1. The number of amides is 1. The van der Waals surface area contributed by atoms with Gasteiger partial charge in [0.15, 0.2) is 0 Å². The fraction of sp³-hybridized carbons (Fsp3) is 0.158. The third kappa shape index (κ3) is 4.00. The average molecular weight is 357 g/mol. The monoisotopic (exact) mass is 356 g/mol. The number of hydrogen-bond acceptors (Lipinski definition) is 4. The van der Waals surface area contributed by atoms with Gasteiger partial charge in [0.05, 0.1) is 24.9 Å². The number of methoxy groups -OCH3 is 1. The van der Waals surface area contributed by atoms with Gasteiger partial charge >= 0.3 is 0 Å². The molecule has 0 aliphatic carbocycles. The SMILES string of the molecule is COc1cc(Cl)c(C)cc1NC(=O)Cc1coc(-c2ccccc2)n1. The molecule has 0 aliphatic rings. The van der Waals surface area contributed by atoms with E-state index in [0.717, 1.165) is 11.1 Å². The minimum Gasteiger partial charge on any atom is -0.495 e. The molecule has 0 atom stereocenters. The molecule has 1 N–H and O–H groups in total. The van der Waals surface area contributed by atoms with Gasteiger partial charge in [-0.15, -0.1) is 0 Å². The van der Waals surface area contributed by atoms with E-state index in [1.807, 2.05) is 37.3 Å². The molecule has 3 aromatic rings. The van der Waals surface area contributed by atoms with Crippen molar-refractivity contribution >= 4 is 23.2 Å². The number of carbonyl (C=O) groups excluding carboxylic acids is 1. The van der Waals surface area contributed by atoms with E-state index in [-0.39, 0.29) is 12.3 Å². The zero-order chi connectivity index (χ0) is 17.8. The molecule has 0 unspecified atom stereocenters. The normalized spacial score (nSPS) is 10.5. The molecule has 0 aliphatic heterocycles. The third-order valence-corrected chi connectivity index (χ3v) is 4.08. The lowest BCUT2D eigenvalue weighted by Gasteiger charge is -2.11. The van der Waals surface area contributed by atoms with E-state index in [9.17, 15) is 4.79 Å². The molecule has 5 nitrogen and oxygen atoms in total. The summed E-state index contributed by atoms with van der Waals surface area (Å²) in [4.78, 5) is 16.7. The van der Waals surface area contributed by atoms with Crippen LogP contribution in [0.3, 0.4) is 0 Å². The summed E-state index contributed by atoms with van der Waals surface area (Å²) >= 11 is 6.08. The number of nitrogens with one attached hydrogen (secondary N) is 1. The van der Waals surface area contributed by atoms with Crippen LogP contribution in [0.5, 0.6) is 5.75 Å². The van der Waals surface area contributed by atoms with Crippen LogP contribution in [-0.4, -0.2) is 18.0 Å². The fourth-order valence-corrected chi connectivity index (χ4v) is 2.54. The Hall–Kier alpha value is -2.79. The van der Waals surface area contributed by atoms with Gasteiger partial charge in [-0.2, -0.15) is 0 Å². The van der Waals surface area contributed by atoms with E-state index in [4.69, 9.17) is 20.8 Å². The zero-order valence-electron chi connectivity index (χ0n) is 13.9. The number of aryl methyl sites for hydroxylation is 1. The molecule has 0 radical (unpaired) electrons. The van der Waals surface area contributed by atoms with Crippen molar-refractivity contribution in [2.24, 2.45) is 0 Å². The first-order valence-electron chi connectivity index (χ1n) is 7.70. The van der Waals surface area contributed by atoms with Crippen molar-refractivity contribution in [1.82, 2.24) is 4.98 Å². The van der Waals surface area contributed by atoms with Gasteiger partial charge in [-0.3, -0.25) is 4.79 Å². The highest BCUT2D eigenvalue weighted by Gasteiger charge is 2.13. The molecule has 0 fully saturated rings. The van der Waals surface area contributed by atoms with Crippen molar-refractivity contribution in [2.75, 3.05) is 12.4 Å². The van der Waals surface area contributed by atoms with Gasteiger partial charge in [-0.1, -0.05) is 29.8 Å². The summed E-state index contributed by atoms with van der Waals surface area (Å²) in [5.41, 5.74) is 2.84.